The van der Waals surface area contributed by atoms with Crippen LogP contribution < -0.4 is 10.1 Å². The Morgan fingerprint density at radius 1 is 0.857 bits per heavy atom. The van der Waals surface area contributed by atoms with Crippen molar-refractivity contribution in [3.63, 3.8) is 0 Å². The lowest BCUT2D eigenvalue weighted by molar-refractivity contribution is 0.0194. The summed E-state index contributed by atoms with van der Waals surface area (Å²) in [4.78, 5) is 12.4. The number of nitrogens with one attached hydrogen (secondary N) is 1. The standard InChI is InChI=1S/C29H27NO5/c1-34-27-15-14-24(22-12-6-7-13-23(22)27)28(32)26(31)16-30-29(33)35-17-25-20-10-4-2-8-18(20)19-9-3-5-11-21(19)25/h2-15,25-26,28,31-32H,16-17H2,1H3,(H,30,33). The van der Waals surface area contributed by atoms with E-state index in [1.165, 1.54) is 0 Å². The highest BCUT2D eigenvalue weighted by Crippen LogP contribution is 2.44. The van der Waals surface area contributed by atoms with Crippen molar-refractivity contribution >= 4 is 16.9 Å². The summed E-state index contributed by atoms with van der Waals surface area (Å²) in [6.07, 6.45) is -3.05. The molecular formula is C29H27NO5. The van der Waals surface area contributed by atoms with Crippen LogP contribution in [0.15, 0.2) is 84.9 Å². The normalized spacial score (nSPS) is 14.1. The van der Waals surface area contributed by atoms with Crippen molar-refractivity contribution in [2.45, 2.75) is 18.1 Å². The molecule has 0 fully saturated rings. The van der Waals surface area contributed by atoms with Gasteiger partial charge in [0.05, 0.1) is 7.11 Å². The maximum Gasteiger partial charge on any atom is 0.407 e. The molecule has 0 aromatic heterocycles. The summed E-state index contributed by atoms with van der Waals surface area (Å²) in [5, 5.41) is 25.6. The Hall–Kier alpha value is -3.87. The molecule has 35 heavy (non-hydrogen) atoms. The Balaban J connectivity index is 1.22. The van der Waals surface area contributed by atoms with Crippen LogP contribution in [0.4, 0.5) is 4.79 Å². The summed E-state index contributed by atoms with van der Waals surface area (Å²) in [6.45, 7) is 0.0276. The van der Waals surface area contributed by atoms with E-state index in [0.29, 0.717) is 11.3 Å². The largest absolute Gasteiger partial charge is 0.496 e. The number of hydrogen-bond donors (Lipinski definition) is 3. The molecule has 0 saturated carbocycles. The topological polar surface area (TPSA) is 88.0 Å². The van der Waals surface area contributed by atoms with Gasteiger partial charge in [-0.05, 0) is 39.3 Å². The van der Waals surface area contributed by atoms with Crippen LogP contribution in [0.2, 0.25) is 0 Å². The van der Waals surface area contributed by atoms with Gasteiger partial charge in [-0.25, -0.2) is 4.79 Å². The average Bonchev–Trinajstić information content (AvgIpc) is 3.23. The number of aliphatic hydroxyl groups is 2. The van der Waals surface area contributed by atoms with Gasteiger partial charge in [-0.1, -0.05) is 78.9 Å². The predicted molar refractivity (Wildman–Crippen MR) is 135 cm³/mol. The van der Waals surface area contributed by atoms with E-state index in [0.717, 1.165) is 33.0 Å². The quantitative estimate of drug-likeness (QED) is 0.363. The second-order valence-corrected chi connectivity index (χ2v) is 8.62. The molecule has 178 valence electrons. The number of alkyl carbamates (subject to hydrolysis) is 1. The van der Waals surface area contributed by atoms with Crippen LogP contribution in [-0.2, 0) is 4.74 Å². The molecule has 4 aromatic carbocycles. The summed E-state index contributed by atoms with van der Waals surface area (Å²) >= 11 is 0. The molecule has 0 saturated heterocycles. The van der Waals surface area contributed by atoms with Crippen LogP contribution in [0.25, 0.3) is 21.9 Å². The molecule has 1 amide bonds. The zero-order valence-corrected chi connectivity index (χ0v) is 19.3. The molecule has 0 bridgehead atoms. The van der Waals surface area contributed by atoms with Gasteiger partial charge >= 0.3 is 6.09 Å². The number of rotatable bonds is 7. The van der Waals surface area contributed by atoms with Gasteiger partial charge < -0.3 is 25.0 Å². The minimum absolute atomic E-state index is 0.0469. The van der Waals surface area contributed by atoms with Crippen LogP contribution >= 0.6 is 0 Å². The molecule has 4 aromatic rings. The minimum atomic E-state index is -1.22. The van der Waals surface area contributed by atoms with E-state index in [9.17, 15) is 15.0 Å². The van der Waals surface area contributed by atoms with Crippen LogP contribution in [0.5, 0.6) is 5.75 Å². The SMILES string of the molecule is COc1ccc(C(O)C(O)CNC(=O)OCC2c3ccccc3-c3ccccc32)c2ccccc12. The van der Waals surface area contributed by atoms with E-state index >= 15 is 0 Å². The molecule has 6 nitrogen and oxygen atoms in total. The highest BCUT2D eigenvalue weighted by molar-refractivity contribution is 5.91. The Labute approximate surface area is 203 Å². The van der Waals surface area contributed by atoms with E-state index < -0.39 is 18.3 Å². The third-order valence-corrected chi connectivity index (χ3v) is 6.62. The first-order valence-electron chi connectivity index (χ1n) is 11.6. The zero-order chi connectivity index (χ0) is 24.4. The van der Waals surface area contributed by atoms with Crippen molar-refractivity contribution in [3.8, 4) is 16.9 Å². The molecule has 3 N–H and O–H groups in total. The molecule has 2 unspecified atom stereocenters. The van der Waals surface area contributed by atoms with E-state index in [1.54, 1.807) is 19.2 Å². The van der Waals surface area contributed by atoms with Crippen LogP contribution in [0.3, 0.4) is 0 Å². The number of aliphatic hydroxyl groups excluding tert-OH is 2. The molecule has 0 aliphatic heterocycles. The number of benzene rings is 4. The van der Waals surface area contributed by atoms with Crippen molar-refractivity contribution in [3.05, 3.63) is 102 Å². The maximum atomic E-state index is 12.4. The van der Waals surface area contributed by atoms with Gasteiger partial charge in [-0.2, -0.15) is 0 Å². The van der Waals surface area contributed by atoms with Gasteiger partial charge in [0.1, 0.15) is 24.6 Å². The van der Waals surface area contributed by atoms with Gasteiger partial charge in [-0.15, -0.1) is 0 Å². The first-order valence-corrected chi connectivity index (χ1v) is 11.6. The second kappa shape index (κ2) is 9.78. The van der Waals surface area contributed by atoms with Gasteiger partial charge in [0.25, 0.3) is 0 Å². The molecule has 1 aliphatic carbocycles. The van der Waals surface area contributed by atoms with Crippen LogP contribution in [0, 0.1) is 0 Å². The third-order valence-electron chi connectivity index (χ3n) is 6.62. The predicted octanol–water partition coefficient (Wildman–Crippen LogP) is 4.78. The first-order chi connectivity index (χ1) is 17.1. The molecule has 0 spiro atoms. The van der Waals surface area contributed by atoms with E-state index in [-0.39, 0.29) is 19.1 Å². The summed E-state index contributed by atoms with van der Waals surface area (Å²) in [7, 11) is 1.59. The van der Waals surface area contributed by atoms with Crippen molar-refractivity contribution in [1.82, 2.24) is 5.32 Å². The molecule has 1 aliphatic rings. The Morgan fingerprint density at radius 3 is 2.11 bits per heavy atom. The van der Waals surface area contributed by atoms with Crippen molar-refractivity contribution in [1.29, 1.82) is 0 Å². The maximum absolute atomic E-state index is 12.4. The van der Waals surface area contributed by atoms with Crippen molar-refractivity contribution < 1.29 is 24.5 Å². The first kappa shape index (κ1) is 22.9. The fraction of sp³-hybridized carbons (Fsp3) is 0.207. The number of methoxy groups -OCH3 is 1. The molecule has 6 heteroatoms. The second-order valence-electron chi connectivity index (χ2n) is 8.62. The van der Waals surface area contributed by atoms with E-state index in [1.807, 2.05) is 48.5 Å². The number of hydrogen-bond acceptors (Lipinski definition) is 5. The Kier molecular flexibility index (Phi) is 6.40. The molecule has 0 radical (unpaired) electrons. The van der Waals surface area contributed by atoms with Crippen molar-refractivity contribution in [2.75, 3.05) is 20.3 Å². The lowest BCUT2D eigenvalue weighted by atomic mass is 9.96. The summed E-state index contributed by atoms with van der Waals surface area (Å²) in [6, 6.07) is 27.2. The highest BCUT2D eigenvalue weighted by Gasteiger charge is 2.29. The van der Waals surface area contributed by atoms with Crippen molar-refractivity contribution in [2.24, 2.45) is 0 Å². The number of fused-ring (bicyclic) bond motifs is 4. The van der Waals surface area contributed by atoms with Crippen LogP contribution in [0.1, 0.15) is 28.7 Å². The lowest BCUT2D eigenvalue weighted by Crippen LogP contribution is -2.36. The van der Waals surface area contributed by atoms with Gasteiger partial charge in [0, 0.05) is 17.8 Å². The number of ether oxygens (including phenoxy) is 2. The third kappa shape index (κ3) is 4.34. The Bertz CT molecular complexity index is 1320. The summed E-state index contributed by atoms with van der Waals surface area (Å²) < 4.78 is 10.9. The molecular weight excluding hydrogens is 442 g/mol. The number of carbonyl (C=O) groups is 1. The fourth-order valence-electron chi connectivity index (χ4n) is 4.89. The number of carbonyl (C=O) groups excluding carboxylic acids is 1. The molecule has 0 heterocycles. The summed E-state index contributed by atoms with van der Waals surface area (Å²) in [5.74, 6) is 0.636. The fourth-order valence-corrected chi connectivity index (χ4v) is 4.89. The van der Waals surface area contributed by atoms with Gasteiger partial charge in [0.15, 0.2) is 0 Å². The lowest BCUT2D eigenvalue weighted by Gasteiger charge is -2.21. The van der Waals surface area contributed by atoms with Gasteiger partial charge in [-0.3, -0.25) is 0 Å². The Morgan fingerprint density at radius 2 is 1.46 bits per heavy atom. The highest BCUT2D eigenvalue weighted by atomic mass is 16.5. The smallest absolute Gasteiger partial charge is 0.407 e. The van der Waals surface area contributed by atoms with Gasteiger partial charge in [0.2, 0.25) is 0 Å². The zero-order valence-electron chi connectivity index (χ0n) is 19.3. The van der Waals surface area contributed by atoms with Crippen LogP contribution in [-0.4, -0.2) is 42.7 Å². The monoisotopic (exact) mass is 469 g/mol. The van der Waals surface area contributed by atoms with E-state index in [4.69, 9.17) is 9.47 Å². The minimum Gasteiger partial charge on any atom is -0.496 e. The molecule has 5 rings (SSSR count). The average molecular weight is 470 g/mol. The summed E-state index contributed by atoms with van der Waals surface area (Å²) in [5.41, 5.74) is 5.12. The molecule has 2 atom stereocenters. The van der Waals surface area contributed by atoms with E-state index in [2.05, 4.69) is 29.6 Å². The number of amides is 1.